The molecule has 9 heteroatoms. The van der Waals surface area contributed by atoms with Crippen LogP contribution in [0.3, 0.4) is 0 Å². The van der Waals surface area contributed by atoms with Gasteiger partial charge in [0, 0.05) is 18.1 Å². The molecule has 0 bridgehead atoms. The van der Waals surface area contributed by atoms with Gasteiger partial charge in [0.15, 0.2) is 23.0 Å². The minimum absolute atomic E-state index is 0.0870. The fourth-order valence-corrected chi connectivity index (χ4v) is 2.69. The lowest BCUT2D eigenvalue weighted by molar-refractivity contribution is -0.00185. The molecule has 9 nitrogen and oxygen atoms in total. The lowest BCUT2D eigenvalue weighted by atomic mass is 10.1. The molecule has 0 saturated heterocycles. The second-order valence-electron chi connectivity index (χ2n) is 6.12. The number of aliphatic hydroxyl groups is 1. The van der Waals surface area contributed by atoms with E-state index in [4.69, 9.17) is 18.9 Å². The second-order valence-corrected chi connectivity index (χ2v) is 6.12. The molecule has 2 aliphatic heterocycles. The number of amides is 2. The number of rotatable bonds is 4. The third kappa shape index (κ3) is 3.44. The predicted molar refractivity (Wildman–Crippen MR) is 90.7 cm³/mol. The smallest absolute Gasteiger partial charge is 0.255 e. The first-order valence-electron chi connectivity index (χ1n) is 8.08. The molecular weight excluding hydrogens is 356 g/mol. The number of carbonyl (C=O) groups is 2. The van der Waals surface area contributed by atoms with E-state index in [1.54, 1.807) is 12.1 Å². The zero-order valence-corrected chi connectivity index (χ0v) is 14.3. The molecule has 0 saturated carbocycles. The van der Waals surface area contributed by atoms with Crippen LogP contribution in [0.2, 0.25) is 0 Å². The number of fused-ring (bicyclic) bond motifs is 2. The SMILES string of the molecule is CC(O)(NC(=O)c1ccc2c(c1)OCO2)NC(=O)c1ccc2c(c1)OCO2. The zero-order chi connectivity index (χ0) is 19.0. The molecule has 0 radical (unpaired) electrons. The van der Waals surface area contributed by atoms with Gasteiger partial charge in [0.1, 0.15) is 0 Å². The third-order valence-corrected chi connectivity index (χ3v) is 3.98. The summed E-state index contributed by atoms with van der Waals surface area (Å²) in [6, 6.07) is 9.23. The molecule has 2 heterocycles. The Kier molecular flexibility index (Phi) is 4.00. The van der Waals surface area contributed by atoms with Gasteiger partial charge in [-0.25, -0.2) is 0 Å². The van der Waals surface area contributed by atoms with Gasteiger partial charge in [-0.2, -0.15) is 0 Å². The van der Waals surface area contributed by atoms with Crippen LogP contribution in [0.15, 0.2) is 36.4 Å². The number of hydrogen-bond donors (Lipinski definition) is 3. The summed E-state index contributed by atoms with van der Waals surface area (Å²) in [6.07, 6.45) is 0. The zero-order valence-electron chi connectivity index (χ0n) is 14.3. The molecule has 2 aromatic carbocycles. The van der Waals surface area contributed by atoms with Gasteiger partial charge in [-0.3, -0.25) is 9.59 Å². The molecule has 3 N–H and O–H groups in total. The van der Waals surface area contributed by atoms with E-state index in [1.807, 2.05) is 0 Å². The van der Waals surface area contributed by atoms with E-state index in [2.05, 4.69) is 10.6 Å². The van der Waals surface area contributed by atoms with Gasteiger partial charge in [-0.1, -0.05) is 0 Å². The van der Waals surface area contributed by atoms with Crippen LogP contribution in [0, 0.1) is 0 Å². The molecule has 0 atom stereocenters. The van der Waals surface area contributed by atoms with Gasteiger partial charge < -0.3 is 34.7 Å². The van der Waals surface area contributed by atoms with Gasteiger partial charge in [-0.05, 0) is 36.4 Å². The van der Waals surface area contributed by atoms with Crippen LogP contribution in [-0.2, 0) is 0 Å². The molecule has 0 fully saturated rings. The van der Waals surface area contributed by atoms with Gasteiger partial charge in [-0.15, -0.1) is 0 Å². The normalized spacial score (nSPS) is 14.0. The fourth-order valence-electron chi connectivity index (χ4n) is 2.69. The highest BCUT2D eigenvalue weighted by molar-refractivity contribution is 5.97. The average Bonchev–Trinajstić information content (AvgIpc) is 3.28. The van der Waals surface area contributed by atoms with E-state index in [0.717, 1.165) is 0 Å². The van der Waals surface area contributed by atoms with E-state index in [0.29, 0.717) is 23.0 Å². The number of nitrogens with one attached hydrogen (secondary N) is 2. The van der Waals surface area contributed by atoms with Crippen molar-refractivity contribution >= 4 is 11.8 Å². The van der Waals surface area contributed by atoms with Crippen LogP contribution in [-0.4, -0.2) is 36.4 Å². The molecule has 0 aromatic heterocycles. The van der Waals surface area contributed by atoms with Crippen molar-refractivity contribution in [2.24, 2.45) is 0 Å². The second kappa shape index (κ2) is 6.36. The van der Waals surface area contributed by atoms with Crippen molar-refractivity contribution < 1.29 is 33.6 Å². The first kappa shape index (κ1) is 17.0. The van der Waals surface area contributed by atoms with E-state index in [1.165, 1.54) is 31.2 Å². The molecular formula is C18H16N2O7. The molecule has 0 aliphatic carbocycles. The van der Waals surface area contributed by atoms with Crippen LogP contribution < -0.4 is 29.6 Å². The van der Waals surface area contributed by atoms with Crippen LogP contribution in [0.1, 0.15) is 27.6 Å². The number of hydrogen-bond acceptors (Lipinski definition) is 7. The fraction of sp³-hybridized carbons (Fsp3) is 0.222. The van der Waals surface area contributed by atoms with Crippen molar-refractivity contribution in [2.45, 2.75) is 12.8 Å². The van der Waals surface area contributed by atoms with Gasteiger partial charge in [0.05, 0.1) is 0 Å². The van der Waals surface area contributed by atoms with Crippen molar-refractivity contribution in [1.29, 1.82) is 0 Å². The Morgan fingerprint density at radius 3 is 1.67 bits per heavy atom. The molecule has 140 valence electrons. The average molecular weight is 372 g/mol. The minimum atomic E-state index is -1.99. The molecule has 2 amide bonds. The van der Waals surface area contributed by atoms with Gasteiger partial charge in [0.25, 0.3) is 11.8 Å². The largest absolute Gasteiger partial charge is 0.454 e. The predicted octanol–water partition coefficient (Wildman–Crippen LogP) is 0.970. The summed E-state index contributed by atoms with van der Waals surface area (Å²) >= 11 is 0. The van der Waals surface area contributed by atoms with Gasteiger partial charge >= 0.3 is 0 Å². The van der Waals surface area contributed by atoms with E-state index in [-0.39, 0.29) is 24.7 Å². The lowest BCUT2D eigenvalue weighted by Gasteiger charge is -2.26. The summed E-state index contributed by atoms with van der Waals surface area (Å²) in [6.45, 7) is 1.43. The maximum absolute atomic E-state index is 12.4. The monoisotopic (exact) mass is 372 g/mol. The quantitative estimate of drug-likeness (QED) is 0.685. The van der Waals surface area contributed by atoms with E-state index < -0.39 is 17.7 Å². The van der Waals surface area contributed by atoms with Crippen molar-refractivity contribution in [3.8, 4) is 23.0 Å². The summed E-state index contributed by atoms with van der Waals surface area (Å²) in [5, 5.41) is 15.1. The van der Waals surface area contributed by atoms with Crippen LogP contribution >= 0.6 is 0 Å². The van der Waals surface area contributed by atoms with Crippen molar-refractivity contribution in [1.82, 2.24) is 10.6 Å². The van der Waals surface area contributed by atoms with E-state index >= 15 is 0 Å². The Morgan fingerprint density at radius 2 is 1.22 bits per heavy atom. The Bertz CT molecular complexity index is 852. The number of benzene rings is 2. The maximum atomic E-state index is 12.4. The first-order chi connectivity index (χ1) is 12.9. The summed E-state index contributed by atoms with van der Waals surface area (Å²) < 4.78 is 20.8. The highest BCUT2D eigenvalue weighted by Crippen LogP contribution is 2.33. The summed E-state index contributed by atoms with van der Waals surface area (Å²) in [4.78, 5) is 24.8. The van der Waals surface area contributed by atoms with E-state index in [9.17, 15) is 14.7 Å². The number of carbonyl (C=O) groups excluding carboxylic acids is 2. The van der Waals surface area contributed by atoms with Crippen LogP contribution in [0.25, 0.3) is 0 Å². The van der Waals surface area contributed by atoms with Crippen LogP contribution in [0.4, 0.5) is 0 Å². The van der Waals surface area contributed by atoms with Crippen molar-refractivity contribution in [2.75, 3.05) is 13.6 Å². The van der Waals surface area contributed by atoms with Crippen molar-refractivity contribution in [3.05, 3.63) is 47.5 Å². The van der Waals surface area contributed by atoms with Crippen LogP contribution in [0.5, 0.6) is 23.0 Å². The summed E-state index contributed by atoms with van der Waals surface area (Å²) in [7, 11) is 0. The first-order valence-corrected chi connectivity index (χ1v) is 8.08. The molecule has 2 aromatic rings. The Labute approximate surface area is 153 Å². The molecule has 0 unspecified atom stereocenters. The molecule has 27 heavy (non-hydrogen) atoms. The maximum Gasteiger partial charge on any atom is 0.255 e. The highest BCUT2D eigenvalue weighted by Gasteiger charge is 2.28. The van der Waals surface area contributed by atoms with Crippen molar-refractivity contribution in [3.63, 3.8) is 0 Å². The summed E-state index contributed by atoms with van der Waals surface area (Å²) in [5.74, 6) is -1.23. The van der Waals surface area contributed by atoms with Gasteiger partial charge in [0.2, 0.25) is 19.4 Å². The Hall–Kier alpha value is -3.46. The molecule has 2 aliphatic rings. The minimum Gasteiger partial charge on any atom is -0.454 e. The lowest BCUT2D eigenvalue weighted by Crippen LogP contribution is -2.58. The Morgan fingerprint density at radius 1 is 0.815 bits per heavy atom. The molecule has 4 rings (SSSR count). The molecule has 0 spiro atoms. The topological polar surface area (TPSA) is 115 Å². The summed E-state index contributed by atoms with van der Waals surface area (Å²) in [5.41, 5.74) is 0.494. The highest BCUT2D eigenvalue weighted by atomic mass is 16.7. The third-order valence-electron chi connectivity index (χ3n) is 3.98. The number of ether oxygens (including phenoxy) is 4. The standard InChI is InChI=1S/C18H16N2O7/c1-18(23,19-16(21)10-2-4-12-14(6-10)26-8-24-12)20-17(22)11-3-5-13-15(7-11)27-9-25-13/h2-7,23H,8-9H2,1H3,(H,19,21)(H,20,22). The Balaban J connectivity index is 1.43.